The molecule has 0 aliphatic carbocycles. The summed E-state index contributed by atoms with van der Waals surface area (Å²) in [6.45, 7) is -2.95. The highest BCUT2D eigenvalue weighted by atomic mass is 32.2. The molecule has 2 amide bonds. The fraction of sp³-hybridized carbons (Fsp3) is 0.167. The molecule has 23 heavy (non-hydrogen) atoms. The number of aromatic amines is 1. The van der Waals surface area contributed by atoms with E-state index in [0.29, 0.717) is 0 Å². The maximum absolute atomic E-state index is 12.0. The molecule has 2 aromatic rings. The Morgan fingerprint density at radius 1 is 1.35 bits per heavy atom. The lowest BCUT2D eigenvalue weighted by molar-refractivity contribution is -0.117. The number of thioether (sulfide) groups is 1. The Hall–Kier alpha value is -2.69. The average molecular weight is 343 g/mol. The van der Waals surface area contributed by atoms with Gasteiger partial charge in [0.1, 0.15) is 5.75 Å². The van der Waals surface area contributed by atoms with Gasteiger partial charge >= 0.3 is 6.61 Å². The summed E-state index contributed by atoms with van der Waals surface area (Å²) >= 11 is 0.995. The van der Waals surface area contributed by atoms with E-state index < -0.39 is 18.4 Å². The molecule has 0 atom stereocenters. The Balaban J connectivity index is 1.84. The number of halogens is 2. The van der Waals surface area contributed by atoms with Gasteiger partial charge in [-0.05, 0) is 24.3 Å². The second kappa shape index (κ2) is 7.54. The molecule has 0 spiro atoms. The van der Waals surface area contributed by atoms with E-state index >= 15 is 0 Å². The number of nitrogens with two attached hydrogens (primary N) is 1. The standard InChI is InChI=1S/C12H11F2N5O3S/c13-10(14)22-7-3-1-6(2-4-7)9(21)16-8(20)5-23-12-17-11(15)18-19-12/h1-4,10H,5H2,(H,16,20,21)(H3,15,17,18,19). The molecule has 1 heterocycles. The molecule has 0 saturated carbocycles. The van der Waals surface area contributed by atoms with Crippen molar-refractivity contribution in [2.75, 3.05) is 11.5 Å². The summed E-state index contributed by atoms with van der Waals surface area (Å²) in [5, 5.41) is 8.56. The zero-order valence-corrected chi connectivity index (χ0v) is 12.3. The van der Waals surface area contributed by atoms with Crippen molar-refractivity contribution in [3.63, 3.8) is 0 Å². The summed E-state index contributed by atoms with van der Waals surface area (Å²) in [5.41, 5.74) is 5.46. The Labute approximate surface area is 132 Å². The van der Waals surface area contributed by atoms with Crippen molar-refractivity contribution in [3.05, 3.63) is 29.8 Å². The molecule has 8 nitrogen and oxygen atoms in total. The number of nitrogen functional groups attached to an aromatic ring is 1. The first-order chi connectivity index (χ1) is 10.9. The highest BCUT2D eigenvalue weighted by molar-refractivity contribution is 7.99. The summed E-state index contributed by atoms with van der Waals surface area (Å²) in [5.74, 6) is -1.27. The molecule has 2 rings (SSSR count). The molecule has 122 valence electrons. The highest BCUT2D eigenvalue weighted by Crippen LogP contribution is 2.15. The van der Waals surface area contributed by atoms with Gasteiger partial charge in [-0.15, -0.1) is 5.10 Å². The second-order valence-corrected chi connectivity index (χ2v) is 5.01. The number of H-pyrrole nitrogens is 1. The molecule has 0 radical (unpaired) electrons. The van der Waals surface area contributed by atoms with Gasteiger partial charge < -0.3 is 10.5 Å². The van der Waals surface area contributed by atoms with E-state index in [1.807, 2.05) is 0 Å². The van der Waals surface area contributed by atoms with Crippen molar-refractivity contribution in [2.45, 2.75) is 11.8 Å². The van der Waals surface area contributed by atoms with Gasteiger partial charge in [-0.1, -0.05) is 11.8 Å². The minimum absolute atomic E-state index is 0.0828. The van der Waals surface area contributed by atoms with Crippen LogP contribution in [0, 0.1) is 0 Å². The van der Waals surface area contributed by atoms with Crippen molar-refractivity contribution >= 4 is 29.5 Å². The first kappa shape index (κ1) is 16.7. The van der Waals surface area contributed by atoms with Crippen LogP contribution in [0.25, 0.3) is 0 Å². The molecule has 0 unspecified atom stereocenters. The molecule has 1 aromatic carbocycles. The van der Waals surface area contributed by atoms with Crippen LogP contribution in [0.1, 0.15) is 10.4 Å². The van der Waals surface area contributed by atoms with Crippen LogP contribution in [0.4, 0.5) is 14.7 Å². The number of nitrogens with one attached hydrogen (secondary N) is 2. The van der Waals surface area contributed by atoms with Gasteiger partial charge in [-0.2, -0.15) is 13.8 Å². The lowest BCUT2D eigenvalue weighted by atomic mass is 10.2. The number of hydrogen-bond donors (Lipinski definition) is 3. The van der Waals surface area contributed by atoms with E-state index in [2.05, 4.69) is 25.2 Å². The smallest absolute Gasteiger partial charge is 0.387 e. The molecule has 0 fully saturated rings. The largest absolute Gasteiger partial charge is 0.435 e. The first-order valence-electron chi connectivity index (χ1n) is 6.14. The van der Waals surface area contributed by atoms with Crippen molar-refractivity contribution in [1.29, 1.82) is 0 Å². The monoisotopic (exact) mass is 343 g/mol. The summed E-state index contributed by atoms with van der Waals surface area (Å²) in [4.78, 5) is 27.2. The van der Waals surface area contributed by atoms with Gasteiger partial charge in [-0.3, -0.25) is 14.9 Å². The second-order valence-electron chi connectivity index (χ2n) is 4.07. The van der Waals surface area contributed by atoms with Gasteiger partial charge in [-0.25, -0.2) is 5.10 Å². The number of amides is 2. The number of carbonyl (C=O) groups is 2. The number of rotatable bonds is 6. The third-order valence-electron chi connectivity index (χ3n) is 2.41. The fourth-order valence-corrected chi connectivity index (χ4v) is 2.08. The third-order valence-corrected chi connectivity index (χ3v) is 3.26. The van der Waals surface area contributed by atoms with E-state index in [1.165, 1.54) is 24.3 Å². The fourth-order valence-electron chi connectivity index (χ4n) is 1.48. The Morgan fingerprint density at radius 2 is 2.04 bits per heavy atom. The van der Waals surface area contributed by atoms with E-state index in [-0.39, 0.29) is 28.2 Å². The van der Waals surface area contributed by atoms with Crippen molar-refractivity contribution < 1.29 is 23.1 Å². The lowest BCUT2D eigenvalue weighted by Crippen LogP contribution is -2.31. The molecule has 0 bridgehead atoms. The molecular formula is C12H11F2N5O3S. The SMILES string of the molecule is Nc1nc(SCC(=O)NC(=O)c2ccc(OC(F)F)cc2)n[nH]1. The maximum atomic E-state index is 12.0. The van der Waals surface area contributed by atoms with Crippen LogP contribution < -0.4 is 15.8 Å². The number of aromatic nitrogens is 3. The maximum Gasteiger partial charge on any atom is 0.387 e. The minimum atomic E-state index is -2.95. The van der Waals surface area contributed by atoms with Gasteiger partial charge in [0.2, 0.25) is 17.0 Å². The Morgan fingerprint density at radius 3 is 2.61 bits per heavy atom. The summed E-state index contributed by atoms with van der Waals surface area (Å²) in [7, 11) is 0. The quantitative estimate of drug-likeness (QED) is 0.670. The molecule has 1 aromatic heterocycles. The van der Waals surface area contributed by atoms with E-state index in [4.69, 9.17) is 5.73 Å². The number of anilines is 1. The predicted molar refractivity (Wildman–Crippen MR) is 77.1 cm³/mol. The Bertz CT molecular complexity index is 692. The van der Waals surface area contributed by atoms with E-state index in [9.17, 15) is 18.4 Å². The van der Waals surface area contributed by atoms with E-state index in [0.717, 1.165) is 11.8 Å². The van der Waals surface area contributed by atoms with Crippen molar-refractivity contribution in [2.24, 2.45) is 0 Å². The van der Waals surface area contributed by atoms with Crippen LogP contribution in [-0.2, 0) is 4.79 Å². The van der Waals surface area contributed by atoms with Crippen LogP contribution in [-0.4, -0.2) is 39.4 Å². The predicted octanol–water partition coefficient (Wildman–Crippen LogP) is 1.04. The van der Waals surface area contributed by atoms with Gasteiger partial charge in [0, 0.05) is 5.56 Å². The Kier molecular flexibility index (Phi) is 5.46. The number of alkyl halides is 2. The number of hydrogen-bond acceptors (Lipinski definition) is 7. The average Bonchev–Trinajstić information content (AvgIpc) is 2.91. The topological polar surface area (TPSA) is 123 Å². The van der Waals surface area contributed by atoms with Crippen LogP contribution in [0.3, 0.4) is 0 Å². The molecule has 0 saturated heterocycles. The molecular weight excluding hydrogens is 332 g/mol. The normalized spacial score (nSPS) is 10.6. The van der Waals surface area contributed by atoms with Gasteiger partial charge in [0.15, 0.2) is 0 Å². The zero-order valence-electron chi connectivity index (χ0n) is 11.5. The lowest BCUT2D eigenvalue weighted by Gasteiger charge is -2.06. The van der Waals surface area contributed by atoms with Crippen molar-refractivity contribution in [1.82, 2.24) is 20.5 Å². The number of imide groups is 1. The number of benzene rings is 1. The molecule has 4 N–H and O–H groups in total. The third kappa shape index (κ3) is 5.21. The van der Waals surface area contributed by atoms with Crippen molar-refractivity contribution in [3.8, 4) is 5.75 Å². The number of nitrogens with zero attached hydrogens (tertiary/aromatic N) is 2. The number of carbonyl (C=O) groups excluding carboxylic acids is 2. The zero-order chi connectivity index (χ0) is 16.8. The van der Waals surface area contributed by atoms with Gasteiger partial charge in [0.05, 0.1) is 5.75 Å². The van der Waals surface area contributed by atoms with E-state index in [1.54, 1.807) is 0 Å². The summed E-state index contributed by atoms with van der Waals surface area (Å²) in [6.07, 6.45) is 0. The number of ether oxygens (including phenoxy) is 1. The van der Waals surface area contributed by atoms with Gasteiger partial charge in [0.25, 0.3) is 5.91 Å². The molecule has 11 heteroatoms. The summed E-state index contributed by atoms with van der Waals surface area (Å²) in [6, 6.07) is 4.94. The van der Waals surface area contributed by atoms with Crippen LogP contribution in [0.15, 0.2) is 29.4 Å². The van der Waals surface area contributed by atoms with Crippen LogP contribution >= 0.6 is 11.8 Å². The minimum Gasteiger partial charge on any atom is -0.435 e. The van der Waals surface area contributed by atoms with Crippen LogP contribution in [0.5, 0.6) is 5.75 Å². The van der Waals surface area contributed by atoms with Crippen LogP contribution in [0.2, 0.25) is 0 Å². The molecule has 0 aliphatic heterocycles. The highest BCUT2D eigenvalue weighted by Gasteiger charge is 2.13. The first-order valence-corrected chi connectivity index (χ1v) is 7.12. The summed E-state index contributed by atoms with van der Waals surface area (Å²) < 4.78 is 28.2. The molecule has 0 aliphatic rings.